The molecule has 1 saturated heterocycles. The van der Waals surface area contributed by atoms with Crippen molar-refractivity contribution in [2.75, 3.05) is 0 Å². The molecule has 3 heterocycles. The summed E-state index contributed by atoms with van der Waals surface area (Å²) in [5.74, 6) is 0.0481. The van der Waals surface area contributed by atoms with Gasteiger partial charge in [-0.15, -0.1) is 11.3 Å². The minimum absolute atomic E-state index is 0.268. The van der Waals surface area contributed by atoms with Gasteiger partial charge in [0.1, 0.15) is 5.01 Å². The van der Waals surface area contributed by atoms with Crippen molar-refractivity contribution in [3.63, 3.8) is 0 Å². The predicted octanol–water partition coefficient (Wildman–Crippen LogP) is 5.44. The largest absolute Gasteiger partial charge is 0.416 e. The summed E-state index contributed by atoms with van der Waals surface area (Å²) in [6, 6.07) is 1.89. The lowest BCUT2D eigenvalue weighted by atomic mass is 9.89. The first-order valence-electron chi connectivity index (χ1n) is 10.0. The Morgan fingerprint density at radius 3 is 2.57 bits per heavy atom. The third-order valence-electron chi connectivity index (χ3n) is 4.92. The van der Waals surface area contributed by atoms with Gasteiger partial charge in [-0.25, -0.2) is 4.98 Å². The van der Waals surface area contributed by atoms with E-state index in [4.69, 9.17) is 4.84 Å². The van der Waals surface area contributed by atoms with E-state index in [1.54, 1.807) is 6.20 Å². The second-order valence-electron chi connectivity index (χ2n) is 9.27. The zero-order valence-electron chi connectivity index (χ0n) is 17.9. The lowest BCUT2D eigenvalue weighted by Crippen LogP contribution is -2.56. The molecule has 166 valence electrons. The lowest BCUT2D eigenvalue weighted by Gasteiger charge is -2.35. The van der Waals surface area contributed by atoms with Crippen molar-refractivity contribution in [3.05, 3.63) is 46.2 Å². The number of hydrogen-bond acceptors (Lipinski definition) is 6. The highest BCUT2D eigenvalue weighted by Gasteiger charge is 2.48. The maximum absolute atomic E-state index is 13.3. The van der Waals surface area contributed by atoms with Crippen molar-refractivity contribution in [3.8, 4) is 0 Å². The summed E-state index contributed by atoms with van der Waals surface area (Å²) >= 11 is 1.48. The van der Waals surface area contributed by atoms with Crippen LogP contribution in [0, 0.1) is 5.92 Å². The molecule has 2 aromatic heterocycles. The first-order chi connectivity index (χ1) is 13.9. The topological polar surface area (TPSA) is 59.1 Å². The molecule has 0 amide bonds. The SMILES string of the molecule is CC(C)C[C@@]1(NOC(C)(C)C)C[C@H](c2cc(C(F)(F)F)ccn2)[C@H](c2nccs2)N1. The molecular weight excluding hydrogens is 413 g/mol. The Labute approximate surface area is 179 Å². The van der Waals surface area contributed by atoms with Gasteiger partial charge in [-0.3, -0.25) is 15.1 Å². The van der Waals surface area contributed by atoms with E-state index >= 15 is 0 Å². The van der Waals surface area contributed by atoms with Gasteiger partial charge in [0.05, 0.1) is 22.9 Å². The second-order valence-corrected chi connectivity index (χ2v) is 10.2. The van der Waals surface area contributed by atoms with Gasteiger partial charge in [0.2, 0.25) is 0 Å². The molecular formula is C21H29F3N4OS. The fourth-order valence-corrected chi connectivity index (χ4v) is 4.63. The van der Waals surface area contributed by atoms with Crippen LogP contribution in [-0.4, -0.2) is 21.2 Å². The van der Waals surface area contributed by atoms with Gasteiger partial charge in [0.25, 0.3) is 0 Å². The number of thiazole rings is 1. The van der Waals surface area contributed by atoms with Crippen molar-refractivity contribution < 1.29 is 18.0 Å². The fourth-order valence-electron chi connectivity index (χ4n) is 3.88. The van der Waals surface area contributed by atoms with Gasteiger partial charge in [0, 0.05) is 29.4 Å². The molecule has 3 rings (SSSR count). The summed E-state index contributed by atoms with van der Waals surface area (Å²) in [7, 11) is 0. The van der Waals surface area contributed by atoms with E-state index in [0.29, 0.717) is 18.0 Å². The van der Waals surface area contributed by atoms with E-state index in [1.165, 1.54) is 17.5 Å². The number of rotatable bonds is 6. The summed E-state index contributed by atoms with van der Waals surface area (Å²) in [5, 5.41) is 6.30. The molecule has 0 radical (unpaired) electrons. The van der Waals surface area contributed by atoms with Crippen LogP contribution in [0.25, 0.3) is 0 Å². The van der Waals surface area contributed by atoms with E-state index in [0.717, 1.165) is 23.6 Å². The zero-order chi connectivity index (χ0) is 22.2. The summed E-state index contributed by atoms with van der Waals surface area (Å²) < 4.78 is 39.9. The molecule has 2 N–H and O–H groups in total. The Kier molecular flexibility index (Phi) is 6.57. The van der Waals surface area contributed by atoms with Crippen LogP contribution in [0.5, 0.6) is 0 Å². The normalized spacial score (nSPS) is 25.2. The first kappa shape index (κ1) is 23.1. The number of nitrogens with one attached hydrogen (secondary N) is 2. The lowest BCUT2D eigenvalue weighted by molar-refractivity contribution is -0.137. The molecule has 1 aliphatic heterocycles. The van der Waals surface area contributed by atoms with Crippen LogP contribution in [0.1, 0.15) is 75.7 Å². The predicted molar refractivity (Wildman–Crippen MR) is 111 cm³/mol. The molecule has 0 aromatic carbocycles. The standard InChI is InChI=1S/C21H29F3N4OS/c1-13(2)11-20(28-29-19(3,4)5)12-15(17(27-20)18-26-8-9-30-18)16-10-14(6-7-25-16)21(22,23)24/h6-10,13,15,17,27-28H,11-12H2,1-5H3/t15-,17-,20-/m1/s1. The Hall–Kier alpha value is -1.55. The number of hydroxylamine groups is 1. The highest BCUT2D eigenvalue weighted by atomic mass is 32.1. The van der Waals surface area contributed by atoms with E-state index in [2.05, 4.69) is 34.6 Å². The number of aromatic nitrogens is 2. The van der Waals surface area contributed by atoms with Crippen LogP contribution in [0.3, 0.4) is 0 Å². The summed E-state index contributed by atoms with van der Waals surface area (Å²) in [6.07, 6.45) is -0.207. The molecule has 2 aromatic rings. The van der Waals surface area contributed by atoms with Crippen molar-refractivity contribution in [2.45, 2.75) is 76.9 Å². The molecule has 1 fully saturated rings. The van der Waals surface area contributed by atoms with Crippen molar-refractivity contribution in [1.29, 1.82) is 0 Å². The van der Waals surface area contributed by atoms with E-state index in [9.17, 15) is 13.2 Å². The maximum atomic E-state index is 13.3. The Morgan fingerprint density at radius 2 is 2.00 bits per heavy atom. The highest BCUT2D eigenvalue weighted by Crippen LogP contribution is 2.46. The summed E-state index contributed by atoms with van der Waals surface area (Å²) in [5.41, 5.74) is 1.90. The molecule has 0 aliphatic carbocycles. The average molecular weight is 443 g/mol. The van der Waals surface area contributed by atoms with Gasteiger partial charge in [-0.2, -0.15) is 18.7 Å². The van der Waals surface area contributed by atoms with Gasteiger partial charge in [0.15, 0.2) is 0 Å². The van der Waals surface area contributed by atoms with E-state index in [1.807, 2.05) is 26.2 Å². The third-order valence-corrected chi connectivity index (χ3v) is 5.78. The van der Waals surface area contributed by atoms with Crippen LogP contribution in [-0.2, 0) is 11.0 Å². The molecule has 1 aliphatic rings. The van der Waals surface area contributed by atoms with Gasteiger partial charge >= 0.3 is 6.18 Å². The maximum Gasteiger partial charge on any atom is 0.416 e. The van der Waals surface area contributed by atoms with Crippen LogP contribution < -0.4 is 10.8 Å². The quantitative estimate of drug-likeness (QED) is 0.584. The van der Waals surface area contributed by atoms with E-state index < -0.39 is 23.0 Å². The van der Waals surface area contributed by atoms with Crippen molar-refractivity contribution in [1.82, 2.24) is 20.8 Å². The summed E-state index contributed by atoms with van der Waals surface area (Å²) in [6.45, 7) is 10.1. The van der Waals surface area contributed by atoms with E-state index in [-0.39, 0.29) is 12.0 Å². The van der Waals surface area contributed by atoms with Crippen LogP contribution in [0.15, 0.2) is 29.9 Å². The van der Waals surface area contributed by atoms with Crippen LogP contribution in [0.4, 0.5) is 13.2 Å². The molecule has 0 unspecified atom stereocenters. The van der Waals surface area contributed by atoms with Crippen LogP contribution >= 0.6 is 11.3 Å². The molecule has 5 nitrogen and oxygen atoms in total. The third kappa shape index (κ3) is 5.57. The smallest absolute Gasteiger partial charge is 0.294 e. The minimum atomic E-state index is -4.41. The van der Waals surface area contributed by atoms with Gasteiger partial charge < -0.3 is 0 Å². The molecule has 0 saturated carbocycles. The van der Waals surface area contributed by atoms with Crippen molar-refractivity contribution in [2.24, 2.45) is 5.92 Å². The Morgan fingerprint density at radius 1 is 1.27 bits per heavy atom. The molecule has 0 bridgehead atoms. The fraction of sp³-hybridized carbons (Fsp3) is 0.619. The Balaban J connectivity index is 2.00. The molecule has 3 atom stereocenters. The highest BCUT2D eigenvalue weighted by molar-refractivity contribution is 7.09. The number of alkyl halides is 3. The van der Waals surface area contributed by atoms with Crippen molar-refractivity contribution >= 4 is 11.3 Å². The summed E-state index contributed by atoms with van der Waals surface area (Å²) in [4.78, 5) is 14.7. The Bertz CT molecular complexity index is 836. The van der Waals surface area contributed by atoms with Gasteiger partial charge in [-0.05, 0) is 51.7 Å². The van der Waals surface area contributed by atoms with Gasteiger partial charge in [-0.1, -0.05) is 13.8 Å². The van der Waals surface area contributed by atoms with Crippen LogP contribution in [0.2, 0.25) is 0 Å². The first-order valence-corrected chi connectivity index (χ1v) is 10.9. The molecule has 9 heteroatoms. The molecule has 30 heavy (non-hydrogen) atoms. The number of pyridine rings is 1. The average Bonchev–Trinajstić information content (AvgIpc) is 3.27. The zero-order valence-corrected chi connectivity index (χ0v) is 18.7. The number of hydrogen-bond donors (Lipinski definition) is 2. The molecule has 0 spiro atoms. The monoisotopic (exact) mass is 442 g/mol. The number of halogens is 3. The second kappa shape index (κ2) is 8.53. The minimum Gasteiger partial charge on any atom is -0.294 e. The number of nitrogens with zero attached hydrogens (tertiary/aromatic N) is 2.